The second kappa shape index (κ2) is 6.85. The Kier molecular flexibility index (Phi) is 4.78. The number of pyridine rings is 1. The third-order valence-corrected chi connectivity index (χ3v) is 4.49. The summed E-state index contributed by atoms with van der Waals surface area (Å²) in [5.41, 5.74) is 0.129. The Hall–Kier alpha value is -2.38. The van der Waals surface area contributed by atoms with E-state index in [0.717, 1.165) is 37.9 Å². The van der Waals surface area contributed by atoms with Crippen molar-refractivity contribution in [2.75, 3.05) is 0 Å². The quantitative estimate of drug-likeness (QED) is 0.917. The summed E-state index contributed by atoms with van der Waals surface area (Å²) in [4.78, 5) is 16.2. The fourth-order valence-corrected chi connectivity index (χ4v) is 3.05. The van der Waals surface area contributed by atoms with E-state index < -0.39 is 11.7 Å². The van der Waals surface area contributed by atoms with Crippen LogP contribution in [0.15, 0.2) is 24.5 Å². The molecule has 0 aliphatic heterocycles. The summed E-state index contributed by atoms with van der Waals surface area (Å²) in [6.45, 7) is 1.70. The summed E-state index contributed by atoms with van der Waals surface area (Å²) in [6, 6.07) is 2.37. The first-order valence-corrected chi connectivity index (χ1v) is 8.25. The van der Waals surface area contributed by atoms with Gasteiger partial charge < -0.3 is 5.32 Å². The van der Waals surface area contributed by atoms with Crippen LogP contribution in [0.1, 0.15) is 53.7 Å². The molecule has 2 heterocycles. The van der Waals surface area contributed by atoms with Crippen molar-refractivity contribution in [1.29, 1.82) is 0 Å². The Labute approximate surface area is 143 Å². The van der Waals surface area contributed by atoms with Crippen molar-refractivity contribution < 1.29 is 18.0 Å². The summed E-state index contributed by atoms with van der Waals surface area (Å²) in [5.74, 6) is 0.0322. The van der Waals surface area contributed by atoms with E-state index in [0.29, 0.717) is 11.3 Å². The molecule has 1 aliphatic carbocycles. The van der Waals surface area contributed by atoms with Crippen molar-refractivity contribution >= 4 is 5.91 Å². The minimum absolute atomic E-state index is 0.174. The fraction of sp³-hybridized carbons (Fsp3) is 0.471. The van der Waals surface area contributed by atoms with Crippen molar-refractivity contribution in [3.05, 3.63) is 41.3 Å². The van der Waals surface area contributed by atoms with Crippen LogP contribution in [0, 0.1) is 6.92 Å². The lowest BCUT2D eigenvalue weighted by atomic mass is 9.95. The number of carbonyl (C=O) groups is 1. The molecule has 1 amide bonds. The number of hydrogen-bond acceptors (Lipinski definition) is 3. The van der Waals surface area contributed by atoms with Crippen LogP contribution in [-0.4, -0.2) is 26.7 Å². The summed E-state index contributed by atoms with van der Waals surface area (Å²) in [6.07, 6.45) is 3.11. The van der Waals surface area contributed by atoms with Crippen LogP contribution < -0.4 is 5.32 Å². The minimum Gasteiger partial charge on any atom is -0.349 e. The smallest absolute Gasteiger partial charge is 0.349 e. The molecule has 0 spiro atoms. The summed E-state index contributed by atoms with van der Waals surface area (Å²) in [7, 11) is 0. The molecule has 25 heavy (non-hydrogen) atoms. The number of alkyl halides is 3. The fourth-order valence-electron chi connectivity index (χ4n) is 3.05. The molecule has 0 unspecified atom stereocenters. The molecule has 0 saturated heterocycles. The highest BCUT2D eigenvalue weighted by atomic mass is 19.4. The van der Waals surface area contributed by atoms with Gasteiger partial charge in [-0.2, -0.15) is 18.3 Å². The first-order chi connectivity index (χ1) is 11.9. The van der Waals surface area contributed by atoms with Gasteiger partial charge in [0.1, 0.15) is 0 Å². The van der Waals surface area contributed by atoms with Gasteiger partial charge in [0.05, 0.1) is 23.0 Å². The van der Waals surface area contributed by atoms with Crippen molar-refractivity contribution in [3.63, 3.8) is 0 Å². The van der Waals surface area contributed by atoms with Gasteiger partial charge in [0, 0.05) is 12.2 Å². The van der Waals surface area contributed by atoms with E-state index in [-0.39, 0.29) is 17.8 Å². The molecule has 0 aromatic carbocycles. The van der Waals surface area contributed by atoms with Gasteiger partial charge in [-0.15, -0.1) is 0 Å². The van der Waals surface area contributed by atoms with E-state index in [9.17, 15) is 18.0 Å². The topological polar surface area (TPSA) is 59.8 Å². The molecule has 0 bridgehead atoms. The molecule has 3 rings (SSSR count). The number of nitrogens with zero attached hydrogens (tertiary/aromatic N) is 3. The van der Waals surface area contributed by atoms with Crippen molar-refractivity contribution in [3.8, 4) is 5.82 Å². The van der Waals surface area contributed by atoms with Crippen LogP contribution in [0.25, 0.3) is 5.82 Å². The third-order valence-electron chi connectivity index (χ3n) is 4.49. The average Bonchev–Trinajstić information content (AvgIpc) is 2.97. The second-order valence-corrected chi connectivity index (χ2v) is 6.27. The maximum atomic E-state index is 12.6. The van der Waals surface area contributed by atoms with Gasteiger partial charge >= 0.3 is 6.18 Å². The van der Waals surface area contributed by atoms with E-state index in [1.807, 2.05) is 0 Å². The molecule has 0 radical (unpaired) electrons. The second-order valence-electron chi connectivity index (χ2n) is 6.27. The zero-order valence-corrected chi connectivity index (χ0v) is 13.8. The van der Waals surface area contributed by atoms with Gasteiger partial charge in [0.15, 0.2) is 5.82 Å². The Morgan fingerprint density at radius 1 is 1.20 bits per heavy atom. The molecule has 0 atom stereocenters. The van der Waals surface area contributed by atoms with Gasteiger partial charge in [0.2, 0.25) is 0 Å². The minimum atomic E-state index is -4.43. The van der Waals surface area contributed by atoms with E-state index in [1.54, 1.807) is 6.92 Å². The van der Waals surface area contributed by atoms with Gasteiger partial charge in [-0.05, 0) is 31.9 Å². The summed E-state index contributed by atoms with van der Waals surface area (Å²) >= 11 is 0. The maximum absolute atomic E-state index is 12.6. The molecule has 2 aromatic heterocycles. The van der Waals surface area contributed by atoms with Crippen LogP contribution in [0.5, 0.6) is 0 Å². The number of amides is 1. The van der Waals surface area contributed by atoms with Crippen molar-refractivity contribution in [2.45, 2.75) is 51.2 Å². The van der Waals surface area contributed by atoms with Crippen LogP contribution >= 0.6 is 0 Å². The number of rotatable bonds is 3. The number of carbonyl (C=O) groups excluding carboxylic acids is 1. The van der Waals surface area contributed by atoms with Gasteiger partial charge in [-0.3, -0.25) is 4.79 Å². The monoisotopic (exact) mass is 352 g/mol. The predicted octanol–water partition coefficient (Wildman–Crippen LogP) is 3.66. The van der Waals surface area contributed by atoms with Crippen molar-refractivity contribution in [2.24, 2.45) is 0 Å². The van der Waals surface area contributed by atoms with E-state index in [4.69, 9.17) is 0 Å². The average molecular weight is 352 g/mol. The van der Waals surface area contributed by atoms with E-state index in [2.05, 4.69) is 15.4 Å². The molecule has 1 saturated carbocycles. The van der Waals surface area contributed by atoms with Gasteiger partial charge in [0.25, 0.3) is 5.91 Å². The van der Waals surface area contributed by atoms with Crippen molar-refractivity contribution in [1.82, 2.24) is 20.1 Å². The number of aromatic nitrogens is 3. The molecular formula is C17H19F3N4O. The lowest BCUT2D eigenvalue weighted by Crippen LogP contribution is -2.36. The SMILES string of the molecule is Cc1c(C(=O)NC2CCCCC2)cnn1-c1ccc(C(F)(F)F)cn1. The van der Waals surface area contributed by atoms with E-state index >= 15 is 0 Å². The standard InChI is InChI=1S/C17H19F3N4O/c1-11-14(16(25)23-13-5-3-2-4-6-13)10-22-24(11)15-8-7-12(9-21-15)17(18,19)20/h7-10,13H,2-6H2,1H3,(H,23,25). The molecular weight excluding hydrogens is 333 g/mol. The molecule has 8 heteroatoms. The van der Waals surface area contributed by atoms with Crippen LogP contribution in [0.4, 0.5) is 13.2 Å². The normalized spacial score (nSPS) is 16.0. The lowest BCUT2D eigenvalue weighted by Gasteiger charge is -2.22. The van der Waals surface area contributed by atoms with Crippen LogP contribution in [0.2, 0.25) is 0 Å². The van der Waals surface area contributed by atoms with E-state index in [1.165, 1.54) is 23.4 Å². The molecule has 1 fully saturated rings. The number of hydrogen-bond donors (Lipinski definition) is 1. The molecule has 1 aliphatic rings. The summed E-state index contributed by atoms with van der Waals surface area (Å²) < 4.78 is 39.2. The highest BCUT2D eigenvalue weighted by molar-refractivity contribution is 5.95. The maximum Gasteiger partial charge on any atom is 0.417 e. The first-order valence-electron chi connectivity index (χ1n) is 8.25. The molecule has 2 aromatic rings. The molecule has 134 valence electrons. The number of halogens is 3. The Bertz CT molecular complexity index is 746. The third kappa shape index (κ3) is 3.83. The lowest BCUT2D eigenvalue weighted by molar-refractivity contribution is -0.137. The van der Waals surface area contributed by atoms with Gasteiger partial charge in [-0.1, -0.05) is 19.3 Å². The van der Waals surface area contributed by atoms with Crippen LogP contribution in [-0.2, 0) is 6.18 Å². The largest absolute Gasteiger partial charge is 0.417 e. The zero-order chi connectivity index (χ0) is 18.0. The Morgan fingerprint density at radius 2 is 1.92 bits per heavy atom. The Morgan fingerprint density at radius 3 is 2.52 bits per heavy atom. The Balaban J connectivity index is 1.77. The predicted molar refractivity (Wildman–Crippen MR) is 85.4 cm³/mol. The first kappa shape index (κ1) is 17.4. The molecule has 5 nitrogen and oxygen atoms in total. The highest BCUT2D eigenvalue weighted by Gasteiger charge is 2.31. The zero-order valence-electron chi connectivity index (χ0n) is 13.8. The summed E-state index contributed by atoms with van der Waals surface area (Å²) in [5, 5.41) is 7.11. The molecule has 1 N–H and O–H groups in total. The van der Waals surface area contributed by atoms with Crippen LogP contribution in [0.3, 0.4) is 0 Å². The number of nitrogens with one attached hydrogen (secondary N) is 1. The highest BCUT2D eigenvalue weighted by Crippen LogP contribution is 2.28. The van der Waals surface area contributed by atoms with Gasteiger partial charge in [-0.25, -0.2) is 9.67 Å².